The van der Waals surface area contributed by atoms with Gasteiger partial charge in [0.25, 0.3) is 0 Å². The molecule has 0 atom stereocenters. The van der Waals surface area contributed by atoms with E-state index in [0.717, 1.165) is 0 Å². The first kappa shape index (κ1) is 15.3. The van der Waals surface area contributed by atoms with Crippen molar-refractivity contribution >= 4 is 0 Å². The van der Waals surface area contributed by atoms with Gasteiger partial charge in [0, 0.05) is 12.8 Å². The second kappa shape index (κ2) is 9.94. The number of unbranched alkanes of at least 4 members (excludes halogenated alkanes) is 1. The van der Waals surface area contributed by atoms with Gasteiger partial charge < -0.3 is 0 Å². The predicted molar refractivity (Wildman–Crippen MR) is 55.3 cm³/mol. The van der Waals surface area contributed by atoms with E-state index < -0.39 is 5.92 Å². The lowest BCUT2D eigenvalue weighted by Gasteiger charge is -2.12. The average Bonchev–Trinajstić information content (AvgIpc) is 2.04. The first-order chi connectivity index (χ1) is 6.04. The molecule has 0 saturated heterocycles. The lowest BCUT2D eigenvalue weighted by molar-refractivity contribution is -0.0173. The highest BCUT2D eigenvalue weighted by Crippen LogP contribution is 2.25. The van der Waals surface area contributed by atoms with Gasteiger partial charge in [-0.2, -0.15) is 0 Å². The van der Waals surface area contributed by atoms with E-state index in [1.54, 1.807) is 13.8 Å². The van der Waals surface area contributed by atoms with Crippen molar-refractivity contribution in [3.05, 3.63) is 0 Å². The number of halogens is 2. The van der Waals surface area contributed by atoms with Crippen LogP contribution in [0.25, 0.3) is 0 Å². The molecule has 0 amide bonds. The molecule has 0 spiro atoms. The maximum Gasteiger partial charge on any atom is 0.248 e. The van der Waals surface area contributed by atoms with Crippen LogP contribution in [0, 0.1) is 0 Å². The van der Waals surface area contributed by atoms with Gasteiger partial charge in [-0.3, -0.25) is 0 Å². The summed E-state index contributed by atoms with van der Waals surface area (Å²) in [6.07, 6.45) is 3.88. The summed E-state index contributed by atoms with van der Waals surface area (Å²) in [6.45, 7) is 7.92. The quantitative estimate of drug-likeness (QED) is 0.576. The van der Waals surface area contributed by atoms with Crippen molar-refractivity contribution in [3.63, 3.8) is 0 Å². The molecule has 0 bridgehead atoms. The minimum absolute atomic E-state index is 0.0425. The maximum atomic E-state index is 12.4. The minimum atomic E-state index is -2.40. The van der Waals surface area contributed by atoms with Gasteiger partial charge in [-0.05, 0) is 0 Å². The van der Waals surface area contributed by atoms with Gasteiger partial charge in [-0.15, -0.1) is 0 Å². The van der Waals surface area contributed by atoms with Crippen molar-refractivity contribution in [1.29, 1.82) is 0 Å². The molecule has 0 heterocycles. The number of hydrogen-bond acceptors (Lipinski definition) is 0. The van der Waals surface area contributed by atoms with Crippen LogP contribution < -0.4 is 0 Å². The Kier molecular flexibility index (Phi) is 11.7. The zero-order valence-corrected chi connectivity index (χ0v) is 9.50. The molecule has 0 fully saturated rings. The highest BCUT2D eigenvalue weighted by molar-refractivity contribution is 4.63. The molecule has 82 valence electrons. The van der Waals surface area contributed by atoms with Crippen molar-refractivity contribution in [3.8, 4) is 0 Å². The lowest BCUT2D eigenvalue weighted by Crippen LogP contribution is -2.14. The van der Waals surface area contributed by atoms with Crippen LogP contribution in [0.3, 0.4) is 0 Å². The topological polar surface area (TPSA) is 0 Å². The fourth-order valence-electron chi connectivity index (χ4n) is 0.857. The van der Waals surface area contributed by atoms with Gasteiger partial charge in [0.05, 0.1) is 0 Å². The molecule has 0 unspecified atom stereocenters. The molecule has 0 aromatic rings. The third-order valence-corrected chi connectivity index (χ3v) is 1.73. The molecule has 0 aliphatic rings. The molecule has 0 aromatic heterocycles. The lowest BCUT2D eigenvalue weighted by atomic mass is 10.1. The van der Waals surface area contributed by atoms with Crippen molar-refractivity contribution in [2.75, 3.05) is 0 Å². The van der Waals surface area contributed by atoms with Gasteiger partial charge in [0.1, 0.15) is 0 Å². The Hall–Kier alpha value is -0.140. The summed E-state index contributed by atoms with van der Waals surface area (Å²) < 4.78 is 24.8. The Morgan fingerprint density at radius 2 is 1.00 bits per heavy atom. The third-order valence-electron chi connectivity index (χ3n) is 1.73. The molecule has 2 heteroatoms. The second-order valence-corrected chi connectivity index (χ2v) is 3.36. The van der Waals surface area contributed by atoms with Crippen LogP contribution in [-0.4, -0.2) is 5.92 Å². The summed E-state index contributed by atoms with van der Waals surface area (Å²) in [5.74, 6) is -2.40. The van der Waals surface area contributed by atoms with Gasteiger partial charge in [-0.1, -0.05) is 53.4 Å². The normalized spacial score (nSPS) is 10.6. The van der Waals surface area contributed by atoms with Gasteiger partial charge in [0.2, 0.25) is 5.92 Å². The Balaban J connectivity index is 0. The molecule has 0 saturated carbocycles. The largest absolute Gasteiger partial charge is 0.248 e. The van der Waals surface area contributed by atoms with Crippen molar-refractivity contribution in [2.24, 2.45) is 0 Å². The van der Waals surface area contributed by atoms with Crippen LogP contribution >= 0.6 is 0 Å². The smallest absolute Gasteiger partial charge is 0.207 e. The van der Waals surface area contributed by atoms with E-state index >= 15 is 0 Å². The van der Waals surface area contributed by atoms with Crippen molar-refractivity contribution < 1.29 is 8.78 Å². The van der Waals surface area contributed by atoms with E-state index in [1.165, 1.54) is 12.8 Å². The number of hydrogen-bond donors (Lipinski definition) is 0. The maximum absolute atomic E-state index is 12.4. The van der Waals surface area contributed by atoms with E-state index in [9.17, 15) is 8.78 Å². The third kappa shape index (κ3) is 14.7. The Bertz CT molecular complexity index is 80.1. The molecular formula is C11H24F2. The van der Waals surface area contributed by atoms with Crippen molar-refractivity contribution in [2.45, 2.75) is 72.1 Å². The summed E-state index contributed by atoms with van der Waals surface area (Å²) in [6, 6.07) is 0. The summed E-state index contributed by atoms with van der Waals surface area (Å²) in [5, 5.41) is 0. The van der Waals surface area contributed by atoms with E-state index in [-0.39, 0.29) is 12.8 Å². The van der Waals surface area contributed by atoms with E-state index in [0.29, 0.717) is 12.8 Å². The molecule has 0 aromatic carbocycles. The average molecular weight is 194 g/mol. The molecule has 0 aliphatic carbocycles. The molecule has 0 rings (SSSR count). The predicted octanol–water partition coefficient (Wildman–Crippen LogP) is 5.03. The van der Waals surface area contributed by atoms with E-state index in [4.69, 9.17) is 0 Å². The summed E-state index contributed by atoms with van der Waals surface area (Å²) in [4.78, 5) is 0. The monoisotopic (exact) mass is 194 g/mol. The first-order valence-corrected chi connectivity index (χ1v) is 5.41. The fraction of sp³-hybridized carbons (Fsp3) is 1.00. The highest BCUT2D eigenvalue weighted by atomic mass is 19.3. The van der Waals surface area contributed by atoms with Gasteiger partial charge >= 0.3 is 0 Å². The van der Waals surface area contributed by atoms with Gasteiger partial charge in [0.15, 0.2) is 0 Å². The molecule has 0 radical (unpaired) electrons. The van der Waals surface area contributed by atoms with Crippen LogP contribution in [0.1, 0.15) is 66.2 Å². The van der Waals surface area contributed by atoms with Crippen molar-refractivity contribution in [1.82, 2.24) is 0 Å². The number of alkyl halides is 2. The molecule has 0 aliphatic heterocycles. The zero-order valence-electron chi connectivity index (χ0n) is 9.50. The van der Waals surface area contributed by atoms with E-state index in [2.05, 4.69) is 13.8 Å². The summed E-state index contributed by atoms with van der Waals surface area (Å²) in [5.41, 5.74) is 0. The molecule has 13 heavy (non-hydrogen) atoms. The van der Waals surface area contributed by atoms with Crippen LogP contribution in [0.5, 0.6) is 0 Å². The Labute approximate surface area is 81.7 Å². The van der Waals surface area contributed by atoms with Gasteiger partial charge in [-0.25, -0.2) is 8.78 Å². The SMILES string of the molecule is CCCC.CCCC(F)(F)CCC. The van der Waals surface area contributed by atoms with Crippen LogP contribution in [-0.2, 0) is 0 Å². The number of rotatable bonds is 5. The van der Waals surface area contributed by atoms with Crippen LogP contribution in [0.4, 0.5) is 8.78 Å². The highest BCUT2D eigenvalue weighted by Gasteiger charge is 2.25. The fourth-order valence-corrected chi connectivity index (χ4v) is 0.857. The second-order valence-electron chi connectivity index (χ2n) is 3.36. The Morgan fingerprint density at radius 1 is 0.692 bits per heavy atom. The summed E-state index contributed by atoms with van der Waals surface area (Å²) >= 11 is 0. The molecular weight excluding hydrogens is 170 g/mol. The van der Waals surface area contributed by atoms with E-state index in [1.807, 2.05) is 0 Å². The standard InChI is InChI=1S/C7H14F2.C4H10/c1-3-5-7(8,9)6-4-2;1-3-4-2/h3-6H2,1-2H3;3-4H2,1-2H3. The molecule has 0 nitrogen and oxygen atoms in total. The summed E-state index contributed by atoms with van der Waals surface area (Å²) in [7, 11) is 0. The first-order valence-electron chi connectivity index (χ1n) is 5.41. The van der Waals surface area contributed by atoms with Crippen LogP contribution in [0.15, 0.2) is 0 Å². The molecule has 0 N–H and O–H groups in total. The Morgan fingerprint density at radius 3 is 1.15 bits per heavy atom. The zero-order chi connectivity index (χ0) is 10.7. The minimum Gasteiger partial charge on any atom is -0.207 e. The van der Waals surface area contributed by atoms with Crippen LogP contribution in [0.2, 0.25) is 0 Å².